The first-order valence-electron chi connectivity index (χ1n) is 5.01. The molecule has 6 nitrogen and oxygen atoms in total. The monoisotopic (exact) mass is 293 g/mol. The summed E-state index contributed by atoms with van der Waals surface area (Å²) < 4.78 is 46.7. The molecule has 0 spiro atoms. The standard InChI is InChI=1S/C10H15NO5S2/c1-17(12,13)9-5-3-4-8(6-7-16-11)10(9)18(2,14)15/h3-5H,6-7,11H2,1-2H3. The van der Waals surface area contributed by atoms with Crippen LogP contribution in [0.2, 0.25) is 0 Å². The van der Waals surface area contributed by atoms with Crippen molar-refractivity contribution in [1.82, 2.24) is 0 Å². The summed E-state index contributed by atoms with van der Waals surface area (Å²) >= 11 is 0. The zero-order chi connectivity index (χ0) is 14.0. The highest BCUT2D eigenvalue weighted by molar-refractivity contribution is 7.93. The molecule has 1 rings (SSSR count). The van der Waals surface area contributed by atoms with Crippen LogP contribution < -0.4 is 5.90 Å². The van der Waals surface area contributed by atoms with Gasteiger partial charge in [-0.05, 0) is 18.1 Å². The molecule has 0 bridgehead atoms. The van der Waals surface area contributed by atoms with Crippen LogP contribution in [0, 0.1) is 0 Å². The van der Waals surface area contributed by atoms with Gasteiger partial charge in [0.05, 0.1) is 16.4 Å². The van der Waals surface area contributed by atoms with Crippen LogP contribution in [0.4, 0.5) is 0 Å². The SMILES string of the molecule is CS(=O)(=O)c1cccc(CCON)c1S(C)(=O)=O. The summed E-state index contributed by atoms with van der Waals surface area (Å²) in [6.45, 7) is 0.107. The number of nitrogens with two attached hydrogens (primary N) is 1. The summed E-state index contributed by atoms with van der Waals surface area (Å²) in [4.78, 5) is 4.02. The Labute approximate surface area is 107 Å². The van der Waals surface area contributed by atoms with Gasteiger partial charge in [0, 0.05) is 12.5 Å². The van der Waals surface area contributed by atoms with E-state index in [9.17, 15) is 16.8 Å². The van der Waals surface area contributed by atoms with Crippen LogP contribution in [0.5, 0.6) is 0 Å². The van der Waals surface area contributed by atoms with Crippen molar-refractivity contribution < 1.29 is 21.7 Å². The van der Waals surface area contributed by atoms with E-state index in [-0.39, 0.29) is 22.8 Å². The molecule has 8 heteroatoms. The number of benzene rings is 1. The minimum Gasteiger partial charge on any atom is -0.304 e. The Morgan fingerprint density at radius 2 is 1.72 bits per heavy atom. The maximum atomic E-state index is 11.7. The molecule has 0 heterocycles. The second kappa shape index (κ2) is 5.35. The van der Waals surface area contributed by atoms with Crippen LogP contribution in [0.15, 0.2) is 28.0 Å². The lowest BCUT2D eigenvalue weighted by molar-refractivity contribution is 0.141. The fourth-order valence-electron chi connectivity index (χ4n) is 1.64. The van der Waals surface area contributed by atoms with Gasteiger partial charge < -0.3 is 4.84 Å². The number of hydrogen-bond acceptors (Lipinski definition) is 6. The van der Waals surface area contributed by atoms with E-state index in [0.717, 1.165) is 12.5 Å². The largest absolute Gasteiger partial charge is 0.304 e. The molecular formula is C10H15NO5S2. The predicted octanol–water partition coefficient (Wildman–Crippen LogP) is -0.0736. The zero-order valence-corrected chi connectivity index (χ0v) is 11.7. The average Bonchev–Trinajstić information content (AvgIpc) is 2.23. The normalized spacial score (nSPS) is 12.6. The van der Waals surface area contributed by atoms with Gasteiger partial charge in [0.1, 0.15) is 0 Å². The predicted molar refractivity (Wildman–Crippen MR) is 66.5 cm³/mol. The van der Waals surface area contributed by atoms with E-state index in [1.54, 1.807) is 6.07 Å². The third-order valence-electron chi connectivity index (χ3n) is 2.32. The minimum absolute atomic E-state index is 0.107. The summed E-state index contributed by atoms with van der Waals surface area (Å²) in [7, 11) is -7.27. The lowest BCUT2D eigenvalue weighted by Gasteiger charge is -2.11. The molecule has 102 valence electrons. The minimum atomic E-state index is -3.65. The fourth-order valence-corrected chi connectivity index (χ4v) is 4.42. The maximum Gasteiger partial charge on any atom is 0.177 e. The van der Waals surface area contributed by atoms with Gasteiger partial charge >= 0.3 is 0 Å². The molecule has 0 amide bonds. The smallest absolute Gasteiger partial charge is 0.177 e. The van der Waals surface area contributed by atoms with E-state index in [2.05, 4.69) is 4.84 Å². The first-order valence-corrected chi connectivity index (χ1v) is 8.80. The van der Waals surface area contributed by atoms with Crippen molar-refractivity contribution >= 4 is 19.7 Å². The Morgan fingerprint density at radius 1 is 1.11 bits per heavy atom. The summed E-state index contributed by atoms with van der Waals surface area (Å²) in [5.74, 6) is 4.89. The molecule has 0 aromatic heterocycles. The van der Waals surface area contributed by atoms with E-state index in [0.29, 0.717) is 5.56 Å². The zero-order valence-electron chi connectivity index (χ0n) is 10.1. The first-order chi connectivity index (χ1) is 8.18. The van der Waals surface area contributed by atoms with Crippen molar-refractivity contribution in [2.75, 3.05) is 19.1 Å². The summed E-state index contributed by atoms with van der Waals surface area (Å²) in [5.41, 5.74) is 0.380. The van der Waals surface area contributed by atoms with Crippen molar-refractivity contribution in [3.05, 3.63) is 23.8 Å². The van der Waals surface area contributed by atoms with Gasteiger partial charge in [0.15, 0.2) is 19.7 Å². The van der Waals surface area contributed by atoms with Crippen molar-refractivity contribution in [2.24, 2.45) is 5.90 Å². The molecule has 18 heavy (non-hydrogen) atoms. The van der Waals surface area contributed by atoms with Gasteiger partial charge in [-0.3, -0.25) is 0 Å². The summed E-state index contributed by atoms with van der Waals surface area (Å²) in [5, 5.41) is 0. The van der Waals surface area contributed by atoms with Gasteiger partial charge in [-0.25, -0.2) is 22.7 Å². The Balaban J connectivity index is 3.56. The Bertz CT molecular complexity index is 634. The van der Waals surface area contributed by atoms with Gasteiger partial charge in [-0.2, -0.15) is 0 Å². The van der Waals surface area contributed by atoms with Gasteiger partial charge in [0.25, 0.3) is 0 Å². The molecule has 0 atom stereocenters. The Hall–Kier alpha value is -0.960. The lowest BCUT2D eigenvalue weighted by Crippen LogP contribution is -2.13. The topological polar surface area (TPSA) is 104 Å². The molecule has 0 aliphatic heterocycles. The highest BCUT2D eigenvalue weighted by atomic mass is 32.2. The van der Waals surface area contributed by atoms with Gasteiger partial charge in [0.2, 0.25) is 0 Å². The van der Waals surface area contributed by atoms with Crippen LogP contribution in [-0.2, 0) is 30.9 Å². The molecule has 0 radical (unpaired) electrons. The van der Waals surface area contributed by atoms with E-state index < -0.39 is 19.7 Å². The highest BCUT2D eigenvalue weighted by Gasteiger charge is 2.23. The van der Waals surface area contributed by atoms with Crippen LogP contribution >= 0.6 is 0 Å². The van der Waals surface area contributed by atoms with Crippen LogP contribution in [0.25, 0.3) is 0 Å². The molecule has 1 aromatic carbocycles. The summed E-state index contributed by atoms with van der Waals surface area (Å²) in [6.07, 6.45) is 2.17. The van der Waals surface area contributed by atoms with Gasteiger partial charge in [-0.1, -0.05) is 12.1 Å². The molecule has 0 saturated carbocycles. The molecule has 0 aliphatic carbocycles. The molecule has 0 fully saturated rings. The third kappa shape index (κ3) is 3.52. The second-order valence-corrected chi connectivity index (χ2v) is 7.85. The van der Waals surface area contributed by atoms with Crippen molar-refractivity contribution in [3.63, 3.8) is 0 Å². The fraction of sp³-hybridized carbons (Fsp3) is 0.400. The number of sulfone groups is 2. The Morgan fingerprint density at radius 3 is 2.17 bits per heavy atom. The van der Waals surface area contributed by atoms with Gasteiger partial charge in [-0.15, -0.1) is 0 Å². The molecule has 2 N–H and O–H groups in total. The number of rotatable bonds is 5. The van der Waals surface area contributed by atoms with Crippen molar-refractivity contribution in [1.29, 1.82) is 0 Å². The average molecular weight is 293 g/mol. The highest BCUT2D eigenvalue weighted by Crippen LogP contribution is 2.25. The summed E-state index contributed by atoms with van der Waals surface area (Å²) in [6, 6.07) is 4.32. The maximum absolute atomic E-state index is 11.7. The van der Waals surface area contributed by atoms with Crippen molar-refractivity contribution in [2.45, 2.75) is 16.2 Å². The second-order valence-electron chi connectivity index (χ2n) is 3.91. The molecule has 0 aliphatic rings. The van der Waals surface area contributed by atoms with E-state index in [1.165, 1.54) is 12.1 Å². The first kappa shape index (κ1) is 15.1. The number of hydrogen-bond donors (Lipinski definition) is 1. The van der Waals surface area contributed by atoms with E-state index in [4.69, 9.17) is 5.90 Å². The Kier molecular flexibility index (Phi) is 4.49. The molecule has 0 unspecified atom stereocenters. The van der Waals surface area contributed by atoms with E-state index >= 15 is 0 Å². The lowest BCUT2D eigenvalue weighted by atomic mass is 10.2. The van der Waals surface area contributed by atoms with Crippen LogP contribution in [0.1, 0.15) is 5.56 Å². The quantitative estimate of drug-likeness (QED) is 0.762. The molecule has 0 saturated heterocycles. The molecular weight excluding hydrogens is 278 g/mol. The van der Waals surface area contributed by atoms with E-state index in [1.807, 2.05) is 0 Å². The van der Waals surface area contributed by atoms with Crippen LogP contribution in [-0.4, -0.2) is 36.0 Å². The van der Waals surface area contributed by atoms with Crippen LogP contribution in [0.3, 0.4) is 0 Å². The molecule has 1 aromatic rings. The van der Waals surface area contributed by atoms with Crippen molar-refractivity contribution in [3.8, 4) is 0 Å². The third-order valence-corrected chi connectivity index (χ3v) is 4.81.